The Morgan fingerprint density at radius 2 is 2.35 bits per heavy atom. The molecule has 0 saturated carbocycles. The van der Waals surface area contributed by atoms with Crippen LogP contribution in [0.25, 0.3) is 0 Å². The van der Waals surface area contributed by atoms with Gasteiger partial charge < -0.3 is 15.8 Å². The molecule has 0 heterocycles. The smallest absolute Gasteiger partial charge is 0.246 e. The fraction of sp³-hybridized carbons (Fsp3) is 0.417. The van der Waals surface area contributed by atoms with Crippen molar-refractivity contribution in [3.05, 3.63) is 34.9 Å². The molecule has 1 aromatic rings. The van der Waals surface area contributed by atoms with Crippen LogP contribution in [-0.2, 0) is 9.53 Å². The third kappa shape index (κ3) is 5.17. The van der Waals surface area contributed by atoms with Crippen LogP contribution in [0.2, 0.25) is 5.02 Å². The predicted molar refractivity (Wildman–Crippen MR) is 67.9 cm³/mol. The lowest BCUT2D eigenvalue weighted by Gasteiger charge is -2.14. The number of amides is 1. The summed E-state index contributed by atoms with van der Waals surface area (Å²) in [5.41, 5.74) is 6.21. The molecule has 3 N–H and O–H groups in total. The van der Waals surface area contributed by atoms with Crippen molar-refractivity contribution in [1.82, 2.24) is 5.32 Å². The van der Waals surface area contributed by atoms with Gasteiger partial charge in [-0.25, -0.2) is 0 Å². The fourth-order valence-electron chi connectivity index (χ4n) is 1.39. The van der Waals surface area contributed by atoms with Crippen molar-refractivity contribution >= 4 is 17.5 Å². The molecule has 1 atom stereocenters. The van der Waals surface area contributed by atoms with E-state index in [0.717, 1.165) is 5.56 Å². The van der Waals surface area contributed by atoms with E-state index in [-0.39, 0.29) is 18.6 Å². The Hall–Kier alpha value is -1.10. The summed E-state index contributed by atoms with van der Waals surface area (Å²) in [6.07, 6.45) is 0. The monoisotopic (exact) mass is 256 g/mol. The molecule has 0 aliphatic carbocycles. The molecule has 4 nitrogen and oxygen atoms in total. The molecule has 0 aliphatic rings. The van der Waals surface area contributed by atoms with Crippen LogP contribution >= 0.6 is 11.6 Å². The first-order valence-electron chi connectivity index (χ1n) is 5.46. The van der Waals surface area contributed by atoms with Crippen LogP contribution < -0.4 is 11.1 Å². The number of ether oxygens (including phenoxy) is 1. The molecule has 0 fully saturated rings. The van der Waals surface area contributed by atoms with Gasteiger partial charge in [-0.2, -0.15) is 0 Å². The van der Waals surface area contributed by atoms with Gasteiger partial charge in [-0.15, -0.1) is 0 Å². The van der Waals surface area contributed by atoms with E-state index < -0.39 is 0 Å². The Labute approximate surface area is 106 Å². The van der Waals surface area contributed by atoms with Gasteiger partial charge in [0.05, 0.1) is 12.6 Å². The van der Waals surface area contributed by atoms with Crippen molar-refractivity contribution in [2.75, 3.05) is 19.8 Å². The number of halogens is 1. The number of rotatable bonds is 6. The van der Waals surface area contributed by atoms with Crippen LogP contribution in [0.1, 0.15) is 18.5 Å². The first-order valence-corrected chi connectivity index (χ1v) is 5.84. The van der Waals surface area contributed by atoms with Crippen LogP contribution in [0.3, 0.4) is 0 Å². The van der Waals surface area contributed by atoms with E-state index in [9.17, 15) is 4.79 Å². The molecule has 5 heteroatoms. The summed E-state index contributed by atoms with van der Waals surface area (Å²) < 4.78 is 5.04. The quantitative estimate of drug-likeness (QED) is 0.758. The standard InChI is InChI=1S/C12H17ClN2O2/c1-9(10-3-2-4-11(13)7-10)15-12(16)8-17-6-5-14/h2-4,7,9H,5-6,8,14H2,1H3,(H,15,16)/t9-/m0/s1. The summed E-state index contributed by atoms with van der Waals surface area (Å²) in [5, 5.41) is 3.47. The largest absolute Gasteiger partial charge is 0.370 e. The molecule has 0 saturated heterocycles. The van der Waals surface area contributed by atoms with Crippen molar-refractivity contribution in [2.45, 2.75) is 13.0 Å². The minimum Gasteiger partial charge on any atom is -0.370 e. The second-order valence-corrected chi connectivity index (χ2v) is 4.12. The number of carbonyl (C=O) groups is 1. The average molecular weight is 257 g/mol. The second-order valence-electron chi connectivity index (χ2n) is 3.69. The Morgan fingerprint density at radius 3 is 3.00 bits per heavy atom. The van der Waals surface area contributed by atoms with Crippen molar-refractivity contribution in [3.8, 4) is 0 Å². The first kappa shape index (κ1) is 14.0. The molecule has 0 aliphatic heterocycles. The number of nitrogens with two attached hydrogens (primary N) is 1. The highest BCUT2D eigenvalue weighted by Gasteiger charge is 2.09. The number of nitrogens with one attached hydrogen (secondary N) is 1. The van der Waals surface area contributed by atoms with Crippen LogP contribution in [0, 0.1) is 0 Å². The van der Waals surface area contributed by atoms with Crippen LogP contribution in [-0.4, -0.2) is 25.7 Å². The van der Waals surface area contributed by atoms with Gasteiger partial charge >= 0.3 is 0 Å². The maximum absolute atomic E-state index is 11.5. The van der Waals surface area contributed by atoms with Gasteiger partial charge in [-0.05, 0) is 24.6 Å². The van der Waals surface area contributed by atoms with Crippen molar-refractivity contribution in [3.63, 3.8) is 0 Å². The Morgan fingerprint density at radius 1 is 1.59 bits per heavy atom. The molecule has 1 amide bonds. The lowest BCUT2D eigenvalue weighted by atomic mass is 10.1. The minimum atomic E-state index is -0.161. The summed E-state index contributed by atoms with van der Waals surface area (Å²) in [6.45, 7) is 2.73. The zero-order valence-corrected chi connectivity index (χ0v) is 10.5. The third-order valence-electron chi connectivity index (χ3n) is 2.22. The lowest BCUT2D eigenvalue weighted by molar-refractivity contribution is -0.126. The van der Waals surface area contributed by atoms with Crippen molar-refractivity contribution in [2.24, 2.45) is 5.73 Å². The highest BCUT2D eigenvalue weighted by Crippen LogP contribution is 2.16. The molecular formula is C12H17ClN2O2. The number of hydrogen-bond donors (Lipinski definition) is 2. The Kier molecular flexibility index (Phi) is 5.97. The Balaban J connectivity index is 2.43. The SMILES string of the molecule is C[C@H](NC(=O)COCCN)c1cccc(Cl)c1. The van der Waals surface area contributed by atoms with E-state index >= 15 is 0 Å². The molecule has 0 radical (unpaired) electrons. The van der Waals surface area contributed by atoms with E-state index in [2.05, 4.69) is 5.32 Å². The van der Waals surface area contributed by atoms with Crippen LogP contribution in [0.5, 0.6) is 0 Å². The summed E-state index contributed by atoms with van der Waals surface area (Å²) in [4.78, 5) is 11.5. The maximum atomic E-state index is 11.5. The van der Waals surface area contributed by atoms with Gasteiger partial charge in [0.2, 0.25) is 5.91 Å². The molecule has 94 valence electrons. The number of benzene rings is 1. The number of carbonyl (C=O) groups excluding carboxylic acids is 1. The zero-order chi connectivity index (χ0) is 12.7. The maximum Gasteiger partial charge on any atom is 0.246 e. The van der Waals surface area contributed by atoms with Crippen LogP contribution in [0.4, 0.5) is 0 Å². The predicted octanol–water partition coefficient (Wildman–Crippen LogP) is 1.49. The Bertz CT molecular complexity index is 371. The molecule has 17 heavy (non-hydrogen) atoms. The molecule has 1 rings (SSSR count). The molecule has 0 bridgehead atoms. The van der Waals surface area contributed by atoms with Crippen molar-refractivity contribution < 1.29 is 9.53 Å². The van der Waals surface area contributed by atoms with Gasteiger partial charge in [0.15, 0.2) is 0 Å². The van der Waals surface area contributed by atoms with E-state index in [1.807, 2.05) is 25.1 Å². The highest BCUT2D eigenvalue weighted by molar-refractivity contribution is 6.30. The second kappa shape index (κ2) is 7.27. The first-order chi connectivity index (χ1) is 8.13. The van der Waals surface area contributed by atoms with Crippen molar-refractivity contribution in [1.29, 1.82) is 0 Å². The molecule has 0 unspecified atom stereocenters. The average Bonchev–Trinajstić information content (AvgIpc) is 2.29. The molecule has 0 spiro atoms. The van der Waals surface area contributed by atoms with Gasteiger partial charge in [-0.3, -0.25) is 4.79 Å². The number of hydrogen-bond acceptors (Lipinski definition) is 3. The highest BCUT2D eigenvalue weighted by atomic mass is 35.5. The summed E-state index contributed by atoms with van der Waals surface area (Å²) in [6, 6.07) is 7.29. The molecular weight excluding hydrogens is 240 g/mol. The zero-order valence-electron chi connectivity index (χ0n) is 9.78. The third-order valence-corrected chi connectivity index (χ3v) is 2.46. The normalized spacial score (nSPS) is 12.2. The topological polar surface area (TPSA) is 64.3 Å². The van der Waals surface area contributed by atoms with Gasteiger partial charge in [0, 0.05) is 11.6 Å². The van der Waals surface area contributed by atoms with Crippen LogP contribution in [0.15, 0.2) is 24.3 Å². The van der Waals surface area contributed by atoms with E-state index in [0.29, 0.717) is 18.2 Å². The van der Waals surface area contributed by atoms with E-state index in [1.54, 1.807) is 6.07 Å². The minimum absolute atomic E-state index is 0.0299. The fourth-order valence-corrected chi connectivity index (χ4v) is 1.59. The molecule has 1 aromatic carbocycles. The summed E-state index contributed by atoms with van der Waals surface area (Å²) in [7, 11) is 0. The van der Waals surface area contributed by atoms with Gasteiger partial charge in [0.1, 0.15) is 6.61 Å². The van der Waals surface area contributed by atoms with E-state index in [1.165, 1.54) is 0 Å². The summed E-state index contributed by atoms with van der Waals surface area (Å²) >= 11 is 5.88. The van der Waals surface area contributed by atoms with E-state index in [4.69, 9.17) is 22.1 Å². The lowest BCUT2D eigenvalue weighted by Crippen LogP contribution is -2.30. The molecule has 0 aromatic heterocycles. The van der Waals surface area contributed by atoms with Gasteiger partial charge in [-0.1, -0.05) is 23.7 Å². The van der Waals surface area contributed by atoms with Gasteiger partial charge in [0.25, 0.3) is 0 Å². The summed E-state index contributed by atoms with van der Waals surface area (Å²) in [5.74, 6) is -0.161.